The summed E-state index contributed by atoms with van der Waals surface area (Å²) in [6, 6.07) is 25.0. The molecule has 116 valence electrons. The summed E-state index contributed by atoms with van der Waals surface area (Å²) in [5.41, 5.74) is 0. The Balaban J connectivity index is 0. The predicted octanol–water partition coefficient (Wildman–Crippen LogP) is -0.718. The standard InChI is InChI=1S/3C6H6O.BrH.Ti/c3*7-6-4-2-1-3-5-6;;/h3*1-5,7H;1H;/q;;;;+4/p-4. The molecule has 0 radical (unpaired) electrons. The Morgan fingerprint density at radius 1 is 0.391 bits per heavy atom. The molecule has 3 nitrogen and oxygen atoms in total. The fraction of sp³-hybridized carbons (Fsp3) is 0. The van der Waals surface area contributed by atoms with Gasteiger partial charge in [0, 0.05) is 0 Å². The smallest absolute Gasteiger partial charge is 1.00 e. The van der Waals surface area contributed by atoms with Crippen LogP contribution >= 0.6 is 0 Å². The molecule has 0 atom stereocenters. The normalized spacial score (nSPS) is 7.83. The Bertz CT molecular complexity index is 503. The van der Waals surface area contributed by atoms with E-state index in [1.807, 2.05) is 18.2 Å². The van der Waals surface area contributed by atoms with Crippen LogP contribution in [-0.4, -0.2) is 0 Å². The molecule has 0 amide bonds. The minimum atomic E-state index is 0. The Morgan fingerprint density at radius 2 is 0.565 bits per heavy atom. The zero-order valence-corrected chi connectivity index (χ0v) is 15.4. The fourth-order valence-electron chi connectivity index (χ4n) is 1.26. The van der Waals surface area contributed by atoms with Gasteiger partial charge in [0.05, 0.1) is 0 Å². The summed E-state index contributed by atoms with van der Waals surface area (Å²) in [7, 11) is 0. The summed E-state index contributed by atoms with van der Waals surface area (Å²) in [5, 5.41) is 30.8. The Hall–Kier alpha value is -1.75. The molecule has 0 bridgehead atoms. The van der Waals surface area contributed by atoms with E-state index in [1.54, 1.807) is 36.4 Å². The van der Waals surface area contributed by atoms with Crippen molar-refractivity contribution >= 4 is 0 Å². The van der Waals surface area contributed by atoms with Gasteiger partial charge in [-0.2, -0.15) is 0 Å². The quantitative estimate of drug-likeness (QED) is 0.463. The molecule has 0 aliphatic heterocycles. The number of hydrogen-bond acceptors (Lipinski definition) is 3. The van der Waals surface area contributed by atoms with Crippen LogP contribution in [0.5, 0.6) is 17.2 Å². The molecule has 3 rings (SSSR count). The van der Waals surface area contributed by atoms with Gasteiger partial charge in [-0.25, -0.2) is 0 Å². The molecular weight excluding hydrogens is 392 g/mol. The third-order valence-electron chi connectivity index (χ3n) is 2.23. The van der Waals surface area contributed by atoms with Gasteiger partial charge >= 0.3 is 21.7 Å². The Morgan fingerprint density at radius 3 is 0.652 bits per heavy atom. The van der Waals surface area contributed by atoms with Gasteiger partial charge in [0.1, 0.15) is 0 Å². The molecule has 0 aliphatic carbocycles. The van der Waals surface area contributed by atoms with Gasteiger partial charge in [0.2, 0.25) is 0 Å². The predicted molar refractivity (Wildman–Crippen MR) is 77.7 cm³/mol. The summed E-state index contributed by atoms with van der Waals surface area (Å²) >= 11 is 0. The van der Waals surface area contributed by atoms with E-state index in [0.29, 0.717) is 0 Å². The summed E-state index contributed by atoms with van der Waals surface area (Å²) in [6.45, 7) is 0. The molecule has 3 aromatic rings. The maximum Gasteiger partial charge on any atom is 4.00 e. The van der Waals surface area contributed by atoms with Crippen molar-refractivity contribution in [1.29, 1.82) is 0 Å². The van der Waals surface area contributed by atoms with Crippen LogP contribution in [0, 0.1) is 0 Å². The van der Waals surface area contributed by atoms with Gasteiger partial charge in [-0.05, 0) is 0 Å². The van der Waals surface area contributed by atoms with E-state index >= 15 is 0 Å². The average Bonchev–Trinajstić information content (AvgIpc) is 2.51. The molecule has 23 heavy (non-hydrogen) atoms. The fourth-order valence-corrected chi connectivity index (χ4v) is 1.26. The van der Waals surface area contributed by atoms with Crippen LogP contribution in [0.3, 0.4) is 0 Å². The molecule has 0 unspecified atom stereocenters. The van der Waals surface area contributed by atoms with Crippen LogP contribution in [0.15, 0.2) is 91.0 Å². The van der Waals surface area contributed by atoms with Crippen molar-refractivity contribution in [1.82, 2.24) is 0 Å². The molecule has 0 spiro atoms. The van der Waals surface area contributed by atoms with Crippen LogP contribution in [0.1, 0.15) is 0 Å². The minimum Gasteiger partial charge on any atom is -1.00 e. The summed E-state index contributed by atoms with van der Waals surface area (Å²) in [4.78, 5) is 0. The van der Waals surface area contributed by atoms with Crippen molar-refractivity contribution < 1.29 is 54.0 Å². The maximum absolute atomic E-state index is 10.3. The second kappa shape index (κ2) is 15.2. The van der Waals surface area contributed by atoms with Crippen LogP contribution in [-0.2, 0) is 21.7 Å². The van der Waals surface area contributed by atoms with E-state index < -0.39 is 0 Å². The molecule has 0 saturated carbocycles. The van der Waals surface area contributed by atoms with Crippen LogP contribution in [0.4, 0.5) is 0 Å². The second-order valence-electron chi connectivity index (χ2n) is 3.94. The van der Waals surface area contributed by atoms with Crippen molar-refractivity contribution in [3.8, 4) is 17.2 Å². The van der Waals surface area contributed by atoms with E-state index in [4.69, 9.17) is 0 Å². The van der Waals surface area contributed by atoms with Crippen molar-refractivity contribution in [3.05, 3.63) is 91.0 Å². The van der Waals surface area contributed by atoms with E-state index in [2.05, 4.69) is 0 Å². The molecule has 3 aromatic carbocycles. The number of benzene rings is 3. The molecule has 0 N–H and O–H groups in total. The van der Waals surface area contributed by atoms with Crippen LogP contribution in [0.25, 0.3) is 0 Å². The second-order valence-corrected chi connectivity index (χ2v) is 3.94. The first-order chi connectivity index (χ1) is 10.2. The number of hydrogen-bond donors (Lipinski definition) is 0. The maximum atomic E-state index is 10.3. The first-order valence-electron chi connectivity index (χ1n) is 6.34. The van der Waals surface area contributed by atoms with E-state index in [-0.39, 0.29) is 55.9 Å². The topological polar surface area (TPSA) is 69.2 Å². The first-order valence-corrected chi connectivity index (χ1v) is 6.34. The van der Waals surface area contributed by atoms with E-state index in [9.17, 15) is 15.3 Å². The zero-order valence-electron chi connectivity index (χ0n) is 12.3. The number of halogens is 1. The van der Waals surface area contributed by atoms with Crippen LogP contribution < -0.4 is 32.3 Å². The molecule has 0 fully saturated rings. The number of para-hydroxylation sites is 3. The van der Waals surface area contributed by atoms with E-state index in [1.165, 1.54) is 36.4 Å². The van der Waals surface area contributed by atoms with Gasteiger partial charge in [0.25, 0.3) is 0 Å². The average molecular weight is 407 g/mol. The molecule has 0 heterocycles. The van der Waals surface area contributed by atoms with Gasteiger partial charge in [-0.1, -0.05) is 91.0 Å². The molecule has 0 aliphatic rings. The Kier molecular flexibility index (Phi) is 15.5. The molecule has 0 saturated heterocycles. The third kappa shape index (κ3) is 13.6. The summed E-state index contributed by atoms with van der Waals surface area (Å²) in [6.07, 6.45) is 0. The molecule has 0 aromatic heterocycles. The van der Waals surface area contributed by atoms with Gasteiger partial charge < -0.3 is 32.3 Å². The SMILES string of the molecule is [Br-].[O-]c1ccccc1.[O-]c1ccccc1.[O-]c1ccccc1.[Ti+4]. The minimum absolute atomic E-state index is 0. The third-order valence-corrected chi connectivity index (χ3v) is 2.23. The van der Waals surface area contributed by atoms with Gasteiger partial charge in [0.15, 0.2) is 0 Å². The Labute approximate surface area is 161 Å². The van der Waals surface area contributed by atoms with E-state index in [0.717, 1.165) is 0 Å². The first kappa shape index (κ1) is 23.5. The van der Waals surface area contributed by atoms with Gasteiger partial charge in [-0.3, -0.25) is 0 Å². The summed E-state index contributed by atoms with van der Waals surface area (Å²) in [5.74, 6) is 0.215. The number of rotatable bonds is 0. The zero-order chi connectivity index (χ0) is 15.3. The van der Waals surface area contributed by atoms with Crippen molar-refractivity contribution in [2.24, 2.45) is 0 Å². The van der Waals surface area contributed by atoms with Crippen molar-refractivity contribution in [2.45, 2.75) is 0 Å². The monoisotopic (exact) mass is 406 g/mol. The van der Waals surface area contributed by atoms with Crippen molar-refractivity contribution in [3.63, 3.8) is 0 Å². The van der Waals surface area contributed by atoms with Crippen LogP contribution in [0.2, 0.25) is 0 Å². The molecular formula is C18H15BrO3Ti. The summed E-state index contributed by atoms with van der Waals surface area (Å²) < 4.78 is 0. The van der Waals surface area contributed by atoms with Gasteiger partial charge in [-0.15, -0.1) is 17.2 Å². The van der Waals surface area contributed by atoms with Crippen molar-refractivity contribution in [2.75, 3.05) is 0 Å². The largest absolute Gasteiger partial charge is 4.00 e. The molecule has 5 heteroatoms.